The van der Waals surface area contributed by atoms with Gasteiger partial charge in [0.15, 0.2) is 0 Å². The molecule has 4 aliphatic heterocycles. The van der Waals surface area contributed by atoms with E-state index in [4.69, 9.17) is 4.98 Å². The molecule has 2 bridgehead atoms. The number of hydrogen-bond acceptors (Lipinski definition) is 4. The molecule has 4 fully saturated rings. The van der Waals surface area contributed by atoms with Gasteiger partial charge < -0.3 is 14.4 Å². The van der Waals surface area contributed by atoms with E-state index in [0.29, 0.717) is 31.2 Å². The number of rotatable bonds is 5. The Hall–Kier alpha value is -3.19. The van der Waals surface area contributed by atoms with Crippen LogP contribution in [-0.4, -0.2) is 80.9 Å². The van der Waals surface area contributed by atoms with Crippen LogP contribution in [0.15, 0.2) is 54.6 Å². The minimum atomic E-state index is -0.291. The highest BCUT2D eigenvalue weighted by molar-refractivity contribution is 6.34. The van der Waals surface area contributed by atoms with Crippen molar-refractivity contribution in [1.29, 1.82) is 0 Å². The summed E-state index contributed by atoms with van der Waals surface area (Å²) in [7, 11) is 0. The summed E-state index contributed by atoms with van der Waals surface area (Å²) in [5, 5.41) is 0. The van der Waals surface area contributed by atoms with Crippen LogP contribution in [0.25, 0.3) is 11.0 Å². The minimum Gasteiger partial charge on any atom is -0.334 e. The van der Waals surface area contributed by atoms with Crippen molar-refractivity contribution in [3.63, 3.8) is 0 Å². The first-order valence-electron chi connectivity index (χ1n) is 16.4. The molecule has 7 nitrogen and oxygen atoms in total. The van der Waals surface area contributed by atoms with E-state index in [2.05, 4.69) is 71.0 Å². The lowest BCUT2D eigenvalue weighted by atomic mass is 9.70. The Kier molecular flexibility index (Phi) is 7.55. The second-order valence-corrected chi connectivity index (χ2v) is 13.3. The highest BCUT2D eigenvalue weighted by Gasteiger charge is 2.44. The maximum absolute atomic E-state index is 13.2. The molecule has 222 valence electrons. The first-order chi connectivity index (χ1) is 20.5. The molecular weight excluding hydrogens is 522 g/mol. The Bertz CT molecular complexity index is 1410. The van der Waals surface area contributed by atoms with E-state index in [0.717, 1.165) is 69.5 Å². The zero-order valence-corrected chi connectivity index (χ0v) is 25.1. The fourth-order valence-corrected chi connectivity index (χ4v) is 8.77. The Morgan fingerprint density at radius 3 is 2.10 bits per heavy atom. The largest absolute Gasteiger partial charge is 0.334 e. The molecule has 1 aromatic heterocycles. The molecule has 3 atom stereocenters. The summed E-state index contributed by atoms with van der Waals surface area (Å²) in [5.41, 5.74) is 3.81. The van der Waals surface area contributed by atoms with Crippen LogP contribution in [0.3, 0.4) is 0 Å². The lowest BCUT2D eigenvalue weighted by Crippen LogP contribution is -2.52. The first kappa shape index (κ1) is 27.6. The average Bonchev–Trinajstić information content (AvgIpc) is 3.50. The molecule has 0 radical (unpaired) electrons. The van der Waals surface area contributed by atoms with E-state index in [-0.39, 0.29) is 17.2 Å². The second-order valence-electron chi connectivity index (χ2n) is 13.3. The number of aryl methyl sites for hydroxylation is 1. The van der Waals surface area contributed by atoms with Crippen LogP contribution < -0.4 is 0 Å². The summed E-state index contributed by atoms with van der Waals surface area (Å²) in [6, 6.07) is 21.3. The van der Waals surface area contributed by atoms with Gasteiger partial charge in [0.2, 0.25) is 0 Å². The molecule has 3 aromatic rings. The van der Waals surface area contributed by atoms with Crippen LogP contribution in [0.1, 0.15) is 81.6 Å². The fraction of sp³-hybridized carbons (Fsp3) is 0.571. The molecule has 4 aliphatic rings. The quantitative estimate of drug-likeness (QED) is 0.384. The molecule has 0 spiro atoms. The number of amides is 2. The summed E-state index contributed by atoms with van der Waals surface area (Å²) in [4.78, 5) is 37.5. The van der Waals surface area contributed by atoms with Crippen molar-refractivity contribution in [1.82, 2.24) is 24.3 Å². The molecule has 0 unspecified atom stereocenters. The summed E-state index contributed by atoms with van der Waals surface area (Å²) < 4.78 is 2.52. The lowest BCUT2D eigenvalue weighted by molar-refractivity contribution is -0.153. The normalized spacial score (nSPS) is 26.1. The Morgan fingerprint density at radius 2 is 1.40 bits per heavy atom. The number of likely N-dealkylation sites (tertiary alicyclic amines) is 2. The van der Waals surface area contributed by atoms with Gasteiger partial charge in [-0.1, -0.05) is 42.5 Å². The molecule has 2 aromatic carbocycles. The summed E-state index contributed by atoms with van der Waals surface area (Å²) >= 11 is 0. The first-order valence-corrected chi connectivity index (χ1v) is 16.4. The number of carbonyl (C=O) groups is 2. The minimum absolute atomic E-state index is 0.0413. The third-order valence-corrected chi connectivity index (χ3v) is 11.1. The van der Waals surface area contributed by atoms with Crippen LogP contribution in [0.2, 0.25) is 0 Å². The smallest absolute Gasteiger partial charge is 0.312 e. The molecule has 0 saturated carbocycles. The number of benzene rings is 2. The van der Waals surface area contributed by atoms with Gasteiger partial charge in [-0.15, -0.1) is 0 Å². The predicted molar refractivity (Wildman–Crippen MR) is 165 cm³/mol. The topological polar surface area (TPSA) is 61.7 Å². The molecular formula is C35H45N5O2. The Labute approximate surface area is 249 Å². The van der Waals surface area contributed by atoms with E-state index in [1.165, 1.54) is 36.8 Å². The molecule has 4 saturated heterocycles. The van der Waals surface area contributed by atoms with Gasteiger partial charge in [0.25, 0.3) is 0 Å². The number of hydrogen-bond donors (Lipinski definition) is 0. The van der Waals surface area contributed by atoms with Crippen LogP contribution in [0, 0.1) is 6.92 Å². The van der Waals surface area contributed by atoms with Gasteiger partial charge in [-0.3, -0.25) is 14.5 Å². The number of piperidine rings is 3. The highest BCUT2D eigenvalue weighted by atomic mass is 16.2. The van der Waals surface area contributed by atoms with E-state index in [1.54, 1.807) is 4.90 Å². The van der Waals surface area contributed by atoms with Crippen molar-refractivity contribution < 1.29 is 9.59 Å². The summed E-state index contributed by atoms with van der Waals surface area (Å²) in [6.07, 6.45) is 11.1. The van der Waals surface area contributed by atoms with Crippen LogP contribution in [0.5, 0.6) is 0 Å². The van der Waals surface area contributed by atoms with E-state index in [1.807, 2.05) is 4.90 Å². The van der Waals surface area contributed by atoms with Gasteiger partial charge in [-0.2, -0.15) is 0 Å². The molecule has 7 heteroatoms. The SMILES string of the molecule is Cc1nc2ccccc2n1[C@H]1C[C@H]2CC[C@@H](C1)N2CCC1(c2ccccc2)CCN(C(=O)C(=O)N2CCCCC2)CC1. The van der Waals surface area contributed by atoms with Crippen molar-refractivity contribution in [2.24, 2.45) is 0 Å². The lowest BCUT2D eigenvalue weighted by Gasteiger charge is -2.45. The molecule has 5 heterocycles. The number of aromatic nitrogens is 2. The van der Waals surface area contributed by atoms with Gasteiger partial charge in [0, 0.05) is 44.3 Å². The Morgan fingerprint density at radius 1 is 0.786 bits per heavy atom. The van der Waals surface area contributed by atoms with E-state index < -0.39 is 0 Å². The van der Waals surface area contributed by atoms with Gasteiger partial charge >= 0.3 is 11.8 Å². The number of para-hydroxylation sites is 2. The third kappa shape index (κ3) is 5.04. The van der Waals surface area contributed by atoms with Crippen molar-refractivity contribution in [3.05, 3.63) is 66.0 Å². The number of imidazole rings is 1. The maximum Gasteiger partial charge on any atom is 0.312 e. The van der Waals surface area contributed by atoms with Gasteiger partial charge in [0.1, 0.15) is 5.82 Å². The molecule has 0 N–H and O–H groups in total. The van der Waals surface area contributed by atoms with Crippen LogP contribution >= 0.6 is 0 Å². The molecule has 42 heavy (non-hydrogen) atoms. The zero-order valence-electron chi connectivity index (χ0n) is 25.1. The van der Waals surface area contributed by atoms with Gasteiger partial charge in [-0.25, -0.2) is 4.98 Å². The van der Waals surface area contributed by atoms with E-state index in [9.17, 15) is 9.59 Å². The van der Waals surface area contributed by atoms with Crippen molar-refractivity contribution in [2.45, 2.75) is 94.7 Å². The van der Waals surface area contributed by atoms with Crippen molar-refractivity contribution >= 4 is 22.8 Å². The van der Waals surface area contributed by atoms with Crippen LogP contribution in [-0.2, 0) is 15.0 Å². The average molecular weight is 568 g/mol. The monoisotopic (exact) mass is 567 g/mol. The molecule has 0 aliphatic carbocycles. The third-order valence-electron chi connectivity index (χ3n) is 11.1. The van der Waals surface area contributed by atoms with Gasteiger partial charge in [0.05, 0.1) is 11.0 Å². The van der Waals surface area contributed by atoms with Crippen molar-refractivity contribution in [3.8, 4) is 0 Å². The molecule has 2 amide bonds. The maximum atomic E-state index is 13.2. The fourth-order valence-electron chi connectivity index (χ4n) is 8.77. The molecule has 7 rings (SSSR count). The number of nitrogens with zero attached hydrogens (tertiary/aromatic N) is 5. The van der Waals surface area contributed by atoms with E-state index >= 15 is 0 Å². The summed E-state index contributed by atoms with van der Waals surface area (Å²) in [6.45, 7) is 6.03. The zero-order chi connectivity index (χ0) is 28.7. The highest BCUT2D eigenvalue weighted by Crippen LogP contribution is 2.45. The van der Waals surface area contributed by atoms with Crippen molar-refractivity contribution in [2.75, 3.05) is 32.7 Å². The Balaban J connectivity index is 1.04. The number of carbonyl (C=O) groups excluding carboxylic acids is 2. The van der Waals surface area contributed by atoms with Crippen LogP contribution in [0.4, 0.5) is 0 Å². The predicted octanol–water partition coefficient (Wildman–Crippen LogP) is 5.48. The number of fused-ring (bicyclic) bond motifs is 3. The second kappa shape index (κ2) is 11.5. The van der Waals surface area contributed by atoms with Gasteiger partial charge in [-0.05, 0) is 101 Å². The summed E-state index contributed by atoms with van der Waals surface area (Å²) in [5.74, 6) is 0.556. The standard InChI is InChI=1S/C35H45N5O2/c1-26-36-31-12-6-7-13-32(31)40(26)30-24-28-14-15-29(25-30)39(28)23-18-35(27-10-4-2-5-11-27)16-21-38(22-17-35)34(42)33(41)37-19-8-3-9-20-37/h2,4-7,10-13,28-30H,3,8-9,14-25H2,1H3/t28-,29+,30+.